The van der Waals surface area contributed by atoms with Crippen molar-refractivity contribution in [2.24, 2.45) is 13.0 Å². The average Bonchev–Trinajstić information content (AvgIpc) is 3.36. The number of benzene rings is 2. The van der Waals surface area contributed by atoms with Crippen molar-refractivity contribution < 1.29 is 27.1 Å². The van der Waals surface area contributed by atoms with Gasteiger partial charge in [0.2, 0.25) is 0 Å². The highest BCUT2D eigenvalue weighted by atomic mass is 32.2. The number of methoxy groups -OCH3 is 1. The van der Waals surface area contributed by atoms with Crippen molar-refractivity contribution in [1.82, 2.24) is 19.4 Å². The predicted octanol–water partition coefficient (Wildman–Crippen LogP) is 3.37. The molecule has 0 fully saturated rings. The van der Waals surface area contributed by atoms with E-state index in [1.807, 2.05) is 13.0 Å². The molecule has 2 aromatic carbocycles. The number of carbonyl (C=O) groups is 1. The number of fused-ring (bicyclic) bond motifs is 1. The largest absolute Gasteiger partial charge is 0.491 e. The van der Waals surface area contributed by atoms with Crippen molar-refractivity contribution in [1.29, 1.82) is 0 Å². The second-order valence-corrected chi connectivity index (χ2v) is 12.0. The number of imidazole rings is 1. The Hall–Kier alpha value is -3.48. The van der Waals surface area contributed by atoms with Gasteiger partial charge in [0.05, 0.1) is 18.0 Å². The van der Waals surface area contributed by atoms with Crippen LogP contribution in [0.5, 0.6) is 5.75 Å². The minimum atomic E-state index is -3.96. The van der Waals surface area contributed by atoms with E-state index in [0.717, 1.165) is 5.56 Å². The van der Waals surface area contributed by atoms with Gasteiger partial charge >= 0.3 is 0 Å². The van der Waals surface area contributed by atoms with Crippen molar-refractivity contribution in [3.63, 3.8) is 0 Å². The van der Waals surface area contributed by atoms with E-state index < -0.39 is 10.0 Å². The van der Waals surface area contributed by atoms with E-state index in [0.29, 0.717) is 25.4 Å². The van der Waals surface area contributed by atoms with Crippen LogP contribution in [0.4, 0.5) is 10.1 Å². The topological polar surface area (TPSA) is 106 Å². The van der Waals surface area contributed by atoms with Crippen molar-refractivity contribution >= 4 is 21.6 Å². The number of hydrogen-bond acceptors (Lipinski definition) is 7. The summed E-state index contributed by atoms with van der Waals surface area (Å²) in [5.41, 5.74) is 1.27. The summed E-state index contributed by atoms with van der Waals surface area (Å²) in [5.74, 6) is -0.250. The van der Waals surface area contributed by atoms with Crippen LogP contribution in [0.1, 0.15) is 29.8 Å². The lowest BCUT2D eigenvalue weighted by atomic mass is 10.0. The zero-order chi connectivity index (χ0) is 29.0. The van der Waals surface area contributed by atoms with Gasteiger partial charge in [-0.15, -0.1) is 0 Å². The molecule has 12 heteroatoms. The standard InChI is InChI=1S/C28H36FN5O5S/c1-19-13-34(14-21-7-6-8-22(29)11-21)20(2)17-39-25-10-9-23(31-40(36,37)27-16-32(3)18-30-27)12-24(25)28(35)33(4)15-26(19)38-5/h6-12,16,18-20,26,31H,13-15,17H2,1-5H3/t19-,20+,26+/m0/s1. The Morgan fingerprint density at radius 2 is 1.93 bits per heavy atom. The molecule has 1 amide bonds. The molecule has 1 aromatic heterocycles. The molecule has 1 aliphatic heterocycles. The van der Waals surface area contributed by atoms with Crippen molar-refractivity contribution in [2.75, 3.05) is 38.6 Å². The van der Waals surface area contributed by atoms with Gasteiger partial charge in [0.25, 0.3) is 15.9 Å². The maximum Gasteiger partial charge on any atom is 0.280 e. The Morgan fingerprint density at radius 3 is 2.60 bits per heavy atom. The lowest BCUT2D eigenvalue weighted by Gasteiger charge is -2.36. The number of halogens is 1. The molecule has 216 valence electrons. The van der Waals surface area contributed by atoms with Crippen LogP contribution in [0.3, 0.4) is 0 Å². The highest BCUT2D eigenvalue weighted by Gasteiger charge is 2.29. The highest BCUT2D eigenvalue weighted by molar-refractivity contribution is 7.92. The number of aryl methyl sites for hydroxylation is 1. The van der Waals surface area contributed by atoms with Crippen LogP contribution in [0, 0.1) is 11.7 Å². The summed E-state index contributed by atoms with van der Waals surface area (Å²) in [7, 11) is 1.01. The molecule has 3 aromatic rings. The zero-order valence-electron chi connectivity index (χ0n) is 23.4. The maximum absolute atomic E-state index is 13.9. The summed E-state index contributed by atoms with van der Waals surface area (Å²) in [6, 6.07) is 11.0. The van der Waals surface area contributed by atoms with E-state index in [4.69, 9.17) is 9.47 Å². The number of amides is 1. The molecule has 0 saturated heterocycles. The number of anilines is 1. The normalized spacial score (nSPS) is 21.2. The van der Waals surface area contributed by atoms with Crippen LogP contribution in [-0.2, 0) is 28.4 Å². The molecule has 3 atom stereocenters. The average molecular weight is 574 g/mol. The monoisotopic (exact) mass is 573 g/mol. The van der Waals surface area contributed by atoms with Crippen LogP contribution in [0.2, 0.25) is 0 Å². The first kappa shape index (κ1) is 29.5. The molecule has 4 rings (SSSR count). The number of rotatable bonds is 6. The predicted molar refractivity (Wildman–Crippen MR) is 149 cm³/mol. The lowest BCUT2D eigenvalue weighted by Crippen LogP contribution is -2.46. The molecule has 0 spiro atoms. The van der Waals surface area contributed by atoms with Crippen LogP contribution >= 0.6 is 0 Å². The first-order chi connectivity index (χ1) is 19.0. The summed E-state index contributed by atoms with van der Waals surface area (Å²) >= 11 is 0. The number of ether oxygens (including phenoxy) is 2. The number of nitrogens with zero attached hydrogens (tertiary/aromatic N) is 4. The molecule has 0 bridgehead atoms. The molecular weight excluding hydrogens is 537 g/mol. The molecule has 1 N–H and O–H groups in total. The van der Waals surface area contributed by atoms with E-state index in [2.05, 4.69) is 21.5 Å². The van der Waals surface area contributed by atoms with Crippen molar-refractivity contribution in [3.05, 3.63) is 71.9 Å². The smallest absolute Gasteiger partial charge is 0.280 e. The fourth-order valence-electron chi connectivity index (χ4n) is 4.74. The summed E-state index contributed by atoms with van der Waals surface area (Å²) in [5, 5.41) is -0.133. The van der Waals surface area contributed by atoms with Gasteiger partial charge in [0.15, 0.2) is 5.03 Å². The fraction of sp³-hybridized carbons (Fsp3) is 0.429. The SMILES string of the molecule is CO[C@@H]1CN(C)C(=O)c2cc(NS(=O)(=O)c3cn(C)cn3)ccc2OC[C@@H](C)N(Cc2cccc(F)c2)C[C@@H]1C. The first-order valence-corrected chi connectivity index (χ1v) is 14.5. The number of hydrogen-bond donors (Lipinski definition) is 1. The summed E-state index contributed by atoms with van der Waals surface area (Å²) in [4.78, 5) is 21.3. The highest BCUT2D eigenvalue weighted by Crippen LogP contribution is 2.28. The van der Waals surface area contributed by atoms with E-state index in [1.165, 1.54) is 35.3 Å². The zero-order valence-corrected chi connectivity index (χ0v) is 24.2. The van der Waals surface area contributed by atoms with Crippen LogP contribution in [0.25, 0.3) is 0 Å². The molecule has 0 unspecified atom stereocenters. The van der Waals surface area contributed by atoms with Gasteiger partial charge in [-0.3, -0.25) is 14.4 Å². The number of sulfonamides is 1. The summed E-state index contributed by atoms with van der Waals surface area (Å²) in [6.45, 7) is 5.79. The minimum absolute atomic E-state index is 0.0340. The third-order valence-corrected chi connectivity index (χ3v) is 8.32. The van der Waals surface area contributed by atoms with E-state index in [1.54, 1.807) is 44.3 Å². The molecule has 40 heavy (non-hydrogen) atoms. The van der Waals surface area contributed by atoms with Crippen LogP contribution < -0.4 is 9.46 Å². The second kappa shape index (κ2) is 12.4. The lowest BCUT2D eigenvalue weighted by molar-refractivity contribution is 0.00920. The van der Waals surface area contributed by atoms with Gasteiger partial charge < -0.3 is 18.9 Å². The third-order valence-electron chi connectivity index (χ3n) is 7.06. The fourth-order valence-corrected chi connectivity index (χ4v) is 5.77. The molecule has 10 nitrogen and oxygen atoms in total. The Bertz CT molecular complexity index is 1450. The summed E-state index contributed by atoms with van der Waals surface area (Å²) in [6.07, 6.45) is 2.51. The molecule has 0 radical (unpaired) electrons. The van der Waals surface area contributed by atoms with Crippen molar-refractivity contribution in [2.45, 2.75) is 37.6 Å². The van der Waals surface area contributed by atoms with Gasteiger partial charge in [0.1, 0.15) is 18.2 Å². The van der Waals surface area contributed by atoms with Gasteiger partial charge in [-0.2, -0.15) is 8.42 Å². The molecule has 0 saturated carbocycles. The Kier molecular flexibility index (Phi) is 9.12. The van der Waals surface area contributed by atoms with Gasteiger partial charge in [-0.1, -0.05) is 19.1 Å². The summed E-state index contributed by atoms with van der Waals surface area (Å²) < 4.78 is 55.6. The number of nitrogens with one attached hydrogen (secondary N) is 1. The Labute approximate surface area is 234 Å². The second-order valence-electron chi connectivity index (χ2n) is 10.4. The number of likely N-dealkylation sites (N-methyl/N-ethyl adjacent to an activating group) is 1. The first-order valence-electron chi connectivity index (χ1n) is 13.0. The van der Waals surface area contributed by atoms with E-state index in [-0.39, 0.29) is 52.7 Å². The molecule has 0 aliphatic carbocycles. The Morgan fingerprint density at radius 1 is 1.15 bits per heavy atom. The maximum atomic E-state index is 13.9. The van der Waals surface area contributed by atoms with E-state index >= 15 is 0 Å². The molecule has 2 heterocycles. The Balaban J connectivity index is 1.65. The van der Waals surface area contributed by atoms with Gasteiger partial charge in [-0.25, -0.2) is 9.37 Å². The van der Waals surface area contributed by atoms with Gasteiger partial charge in [-0.05, 0) is 48.7 Å². The quantitative estimate of drug-likeness (QED) is 0.482. The third kappa shape index (κ3) is 6.98. The van der Waals surface area contributed by atoms with Crippen LogP contribution in [-0.4, -0.2) is 79.7 Å². The van der Waals surface area contributed by atoms with Gasteiger partial charge in [0, 0.05) is 58.8 Å². The van der Waals surface area contributed by atoms with E-state index in [9.17, 15) is 17.6 Å². The number of carbonyl (C=O) groups excluding carboxylic acids is 1. The number of aromatic nitrogens is 2. The molecule has 1 aliphatic rings. The van der Waals surface area contributed by atoms with Crippen LogP contribution in [0.15, 0.2) is 60.0 Å². The molecular formula is C28H36FN5O5S. The van der Waals surface area contributed by atoms with Crippen molar-refractivity contribution in [3.8, 4) is 5.75 Å². The minimum Gasteiger partial charge on any atom is -0.491 e.